The van der Waals surface area contributed by atoms with Gasteiger partial charge in [-0.25, -0.2) is 0 Å². The minimum absolute atomic E-state index is 0.0959. The Morgan fingerprint density at radius 1 is 1.19 bits per heavy atom. The first kappa shape index (κ1) is 17.2. The number of rotatable bonds is 7. The van der Waals surface area contributed by atoms with Crippen LogP contribution in [0.1, 0.15) is 36.2 Å². The molecule has 0 saturated carbocycles. The van der Waals surface area contributed by atoms with Gasteiger partial charge in [0.05, 0.1) is 19.2 Å². The molecule has 1 aromatic rings. The lowest BCUT2D eigenvalue weighted by Crippen LogP contribution is -2.44. The number of benzene rings is 1. The van der Waals surface area contributed by atoms with E-state index in [0.29, 0.717) is 17.9 Å². The normalized spacial score (nSPS) is 12.0. The lowest BCUT2D eigenvalue weighted by Gasteiger charge is -2.18. The summed E-state index contributed by atoms with van der Waals surface area (Å²) in [5, 5.41) is 14.5. The van der Waals surface area contributed by atoms with E-state index in [1.807, 2.05) is 32.9 Å². The quantitative estimate of drug-likeness (QED) is 0.707. The van der Waals surface area contributed by atoms with E-state index in [-0.39, 0.29) is 31.0 Å². The monoisotopic (exact) mass is 292 g/mol. The average Bonchev–Trinajstić information content (AvgIpc) is 2.44. The smallest absolute Gasteiger partial charge is 0.251 e. The summed E-state index contributed by atoms with van der Waals surface area (Å²) < 4.78 is 0. The van der Waals surface area contributed by atoms with E-state index in [1.54, 1.807) is 12.1 Å². The lowest BCUT2D eigenvalue weighted by molar-refractivity contribution is -0.121. The molecule has 1 unspecified atom stereocenters. The van der Waals surface area contributed by atoms with Gasteiger partial charge in [0.15, 0.2) is 0 Å². The molecule has 0 heterocycles. The van der Waals surface area contributed by atoms with Crippen molar-refractivity contribution < 1.29 is 14.7 Å². The highest BCUT2D eigenvalue weighted by atomic mass is 16.3. The number of nitrogens with one attached hydrogen (secondary N) is 2. The number of hydrogen-bond acceptors (Lipinski definition) is 3. The molecule has 0 aliphatic rings. The number of aryl methyl sites for hydroxylation is 1. The van der Waals surface area contributed by atoms with Crippen molar-refractivity contribution in [1.82, 2.24) is 10.6 Å². The molecule has 0 aromatic heterocycles. The van der Waals surface area contributed by atoms with Gasteiger partial charge in [0.2, 0.25) is 5.91 Å². The highest BCUT2D eigenvalue weighted by molar-refractivity contribution is 5.96. The maximum Gasteiger partial charge on any atom is 0.251 e. The van der Waals surface area contributed by atoms with Crippen molar-refractivity contribution in [2.75, 3.05) is 13.2 Å². The van der Waals surface area contributed by atoms with Crippen LogP contribution in [0.15, 0.2) is 24.3 Å². The van der Waals surface area contributed by atoms with Crippen LogP contribution in [-0.2, 0) is 4.79 Å². The van der Waals surface area contributed by atoms with E-state index in [0.717, 1.165) is 5.56 Å². The Hall–Kier alpha value is -1.88. The van der Waals surface area contributed by atoms with E-state index < -0.39 is 0 Å². The van der Waals surface area contributed by atoms with Crippen LogP contribution in [0.25, 0.3) is 0 Å². The molecule has 5 nitrogen and oxygen atoms in total. The van der Waals surface area contributed by atoms with Crippen molar-refractivity contribution in [2.45, 2.75) is 33.2 Å². The number of aliphatic hydroxyl groups is 1. The van der Waals surface area contributed by atoms with Crippen LogP contribution in [-0.4, -0.2) is 36.1 Å². The van der Waals surface area contributed by atoms with Crippen LogP contribution >= 0.6 is 0 Å². The fourth-order valence-corrected chi connectivity index (χ4v) is 1.99. The van der Waals surface area contributed by atoms with Crippen LogP contribution in [0, 0.1) is 12.8 Å². The molecular weight excluding hydrogens is 268 g/mol. The average molecular weight is 292 g/mol. The molecule has 1 rings (SSSR count). The summed E-state index contributed by atoms with van der Waals surface area (Å²) in [6.45, 7) is 5.79. The van der Waals surface area contributed by atoms with Crippen LogP contribution in [0.2, 0.25) is 0 Å². The Morgan fingerprint density at radius 2 is 1.81 bits per heavy atom. The molecule has 0 aliphatic heterocycles. The number of hydrogen-bond donors (Lipinski definition) is 3. The molecule has 5 heteroatoms. The second-order valence-corrected chi connectivity index (χ2v) is 5.63. The first-order chi connectivity index (χ1) is 9.92. The molecular formula is C16H24N2O3. The fourth-order valence-electron chi connectivity index (χ4n) is 1.99. The minimum atomic E-state index is -0.296. The van der Waals surface area contributed by atoms with Crippen LogP contribution in [0.3, 0.4) is 0 Å². The van der Waals surface area contributed by atoms with Crippen molar-refractivity contribution in [3.8, 4) is 0 Å². The van der Waals surface area contributed by atoms with Crippen molar-refractivity contribution in [3.63, 3.8) is 0 Å². The summed E-state index contributed by atoms with van der Waals surface area (Å²) in [7, 11) is 0. The maximum absolute atomic E-state index is 11.9. The highest BCUT2D eigenvalue weighted by Crippen LogP contribution is 2.04. The Balaban J connectivity index is 2.41. The summed E-state index contributed by atoms with van der Waals surface area (Å²) >= 11 is 0. The first-order valence-electron chi connectivity index (χ1n) is 7.17. The molecule has 0 saturated heterocycles. The molecule has 0 spiro atoms. The van der Waals surface area contributed by atoms with Crippen LogP contribution in [0.4, 0.5) is 0 Å². The zero-order valence-corrected chi connectivity index (χ0v) is 12.8. The van der Waals surface area contributed by atoms with Crippen molar-refractivity contribution in [3.05, 3.63) is 35.4 Å². The summed E-state index contributed by atoms with van der Waals surface area (Å²) in [5.41, 5.74) is 1.60. The van der Waals surface area contributed by atoms with Gasteiger partial charge in [0.25, 0.3) is 5.91 Å². The second kappa shape index (κ2) is 8.42. The molecule has 21 heavy (non-hydrogen) atoms. The summed E-state index contributed by atoms with van der Waals surface area (Å²) in [4.78, 5) is 23.6. The van der Waals surface area contributed by atoms with Gasteiger partial charge in [-0.1, -0.05) is 31.5 Å². The zero-order valence-electron chi connectivity index (χ0n) is 12.8. The molecule has 0 aliphatic carbocycles. The van der Waals surface area contributed by atoms with Gasteiger partial charge in [-0.2, -0.15) is 0 Å². The topological polar surface area (TPSA) is 78.4 Å². The third kappa shape index (κ3) is 6.40. The molecule has 0 radical (unpaired) electrons. The lowest BCUT2D eigenvalue weighted by atomic mass is 10.0. The highest BCUT2D eigenvalue weighted by Gasteiger charge is 2.14. The van der Waals surface area contributed by atoms with E-state index in [9.17, 15) is 14.7 Å². The van der Waals surface area contributed by atoms with Gasteiger partial charge in [-0.3, -0.25) is 9.59 Å². The molecule has 3 N–H and O–H groups in total. The Bertz CT molecular complexity index is 469. The van der Waals surface area contributed by atoms with Gasteiger partial charge in [-0.05, 0) is 31.4 Å². The fraction of sp³-hybridized carbons (Fsp3) is 0.500. The molecule has 1 atom stereocenters. The predicted octanol–water partition coefficient (Wildman–Crippen LogP) is 1.25. The number of aliphatic hydroxyl groups excluding tert-OH is 1. The first-order valence-corrected chi connectivity index (χ1v) is 7.17. The second-order valence-electron chi connectivity index (χ2n) is 5.63. The summed E-state index contributed by atoms with van der Waals surface area (Å²) in [6, 6.07) is 6.86. The van der Waals surface area contributed by atoms with Gasteiger partial charge < -0.3 is 15.7 Å². The Labute approximate surface area is 125 Å². The van der Waals surface area contributed by atoms with Gasteiger partial charge >= 0.3 is 0 Å². The van der Waals surface area contributed by atoms with E-state index >= 15 is 0 Å². The minimum Gasteiger partial charge on any atom is -0.394 e. The van der Waals surface area contributed by atoms with E-state index in [2.05, 4.69) is 10.6 Å². The van der Waals surface area contributed by atoms with Crippen molar-refractivity contribution in [2.24, 2.45) is 5.92 Å². The third-order valence-corrected chi connectivity index (χ3v) is 3.06. The van der Waals surface area contributed by atoms with Gasteiger partial charge in [0, 0.05) is 5.56 Å². The molecule has 0 fully saturated rings. The molecule has 116 valence electrons. The number of carbonyl (C=O) groups is 2. The molecule has 1 aromatic carbocycles. The van der Waals surface area contributed by atoms with E-state index in [4.69, 9.17) is 0 Å². The maximum atomic E-state index is 11.9. The SMILES string of the molecule is Cc1ccc(C(=O)NCC(=O)NC(CO)CC(C)C)cc1. The van der Waals surface area contributed by atoms with E-state index in [1.165, 1.54) is 0 Å². The summed E-state index contributed by atoms with van der Waals surface area (Å²) in [5.74, 6) is -0.200. The van der Waals surface area contributed by atoms with Crippen LogP contribution < -0.4 is 10.6 Å². The molecule has 0 bridgehead atoms. The third-order valence-electron chi connectivity index (χ3n) is 3.06. The zero-order chi connectivity index (χ0) is 15.8. The van der Waals surface area contributed by atoms with Gasteiger partial charge in [0.1, 0.15) is 0 Å². The largest absolute Gasteiger partial charge is 0.394 e. The summed E-state index contributed by atoms with van der Waals surface area (Å²) in [6.07, 6.45) is 0.703. The molecule has 2 amide bonds. The van der Waals surface area contributed by atoms with Gasteiger partial charge in [-0.15, -0.1) is 0 Å². The van der Waals surface area contributed by atoms with Crippen LogP contribution in [0.5, 0.6) is 0 Å². The Kier molecular flexibility index (Phi) is 6.88. The number of amides is 2. The Morgan fingerprint density at radius 3 is 2.33 bits per heavy atom. The van der Waals surface area contributed by atoms with Crippen molar-refractivity contribution in [1.29, 1.82) is 0 Å². The van der Waals surface area contributed by atoms with Crippen molar-refractivity contribution >= 4 is 11.8 Å². The number of carbonyl (C=O) groups excluding carboxylic acids is 2. The predicted molar refractivity (Wildman–Crippen MR) is 82.0 cm³/mol. The standard InChI is InChI=1S/C16H24N2O3/c1-11(2)8-14(10-19)18-15(20)9-17-16(21)13-6-4-12(3)5-7-13/h4-7,11,14,19H,8-10H2,1-3H3,(H,17,21)(H,18,20).